The quantitative estimate of drug-likeness (QED) is 0.872. The third-order valence-electron chi connectivity index (χ3n) is 5.80. The number of hydrogen-bond acceptors (Lipinski definition) is 4. The lowest BCUT2D eigenvalue weighted by Gasteiger charge is -2.35. The molecule has 3 rings (SSSR count). The number of anilines is 1. The van der Waals surface area contributed by atoms with Crippen molar-refractivity contribution in [3.8, 4) is 5.75 Å². The van der Waals surface area contributed by atoms with Crippen LogP contribution in [-0.2, 0) is 14.3 Å². The Morgan fingerprint density at radius 2 is 1.82 bits per heavy atom. The van der Waals surface area contributed by atoms with Gasteiger partial charge >= 0.3 is 5.97 Å². The number of benzene rings is 1. The maximum atomic E-state index is 12.8. The number of carbonyl (C=O) groups excluding carboxylic acids is 2. The van der Waals surface area contributed by atoms with E-state index in [9.17, 15) is 9.59 Å². The molecular formula is C17H21NO4. The molecule has 5 heteroatoms. The molecule has 1 aromatic rings. The van der Waals surface area contributed by atoms with Crippen LogP contribution >= 0.6 is 0 Å². The van der Waals surface area contributed by atoms with E-state index in [1.165, 1.54) is 0 Å². The van der Waals surface area contributed by atoms with Gasteiger partial charge < -0.3 is 14.8 Å². The molecule has 1 aliphatic carbocycles. The van der Waals surface area contributed by atoms with Gasteiger partial charge in [0.05, 0.1) is 12.5 Å². The van der Waals surface area contributed by atoms with E-state index >= 15 is 0 Å². The van der Waals surface area contributed by atoms with Gasteiger partial charge in [-0.1, -0.05) is 13.8 Å². The van der Waals surface area contributed by atoms with Gasteiger partial charge in [-0.2, -0.15) is 0 Å². The first-order valence-electron chi connectivity index (χ1n) is 7.46. The van der Waals surface area contributed by atoms with E-state index in [0.29, 0.717) is 18.5 Å². The Kier molecular flexibility index (Phi) is 3.03. The molecule has 2 fully saturated rings. The standard InChI is InChI=1S/C17H21NO4/c1-15(2)16(3)9-10-17(15,22-14(16)20)13(19)18-11-5-7-12(21-4)8-6-11/h5-8H,9-10H2,1-4H3,(H,18,19)/t16-,17-/m1/s1. The van der Waals surface area contributed by atoms with E-state index in [-0.39, 0.29) is 11.9 Å². The number of rotatable bonds is 3. The summed E-state index contributed by atoms with van der Waals surface area (Å²) in [6.07, 6.45) is 1.24. The highest BCUT2D eigenvalue weighted by Crippen LogP contribution is 2.65. The summed E-state index contributed by atoms with van der Waals surface area (Å²) in [7, 11) is 1.59. The second kappa shape index (κ2) is 4.48. The number of hydrogen-bond donors (Lipinski definition) is 1. The molecule has 2 bridgehead atoms. The van der Waals surface area contributed by atoms with E-state index in [0.717, 1.165) is 5.75 Å². The Morgan fingerprint density at radius 3 is 2.27 bits per heavy atom. The highest BCUT2D eigenvalue weighted by molar-refractivity contribution is 6.03. The lowest BCUT2D eigenvalue weighted by Crippen LogP contribution is -2.50. The first-order valence-corrected chi connectivity index (χ1v) is 7.46. The van der Waals surface area contributed by atoms with Gasteiger partial charge in [-0.25, -0.2) is 0 Å². The molecule has 1 saturated carbocycles. The van der Waals surface area contributed by atoms with E-state index in [2.05, 4.69) is 5.32 Å². The smallest absolute Gasteiger partial charge is 0.313 e. The summed E-state index contributed by atoms with van der Waals surface area (Å²) in [4.78, 5) is 25.0. The van der Waals surface area contributed by atoms with Gasteiger partial charge in [0.25, 0.3) is 5.91 Å². The molecule has 0 unspecified atom stereocenters. The Balaban J connectivity index is 1.87. The van der Waals surface area contributed by atoms with Gasteiger partial charge in [-0.15, -0.1) is 0 Å². The molecule has 1 heterocycles. The van der Waals surface area contributed by atoms with Gasteiger partial charge in [-0.05, 0) is 44.0 Å². The highest BCUT2D eigenvalue weighted by Gasteiger charge is 2.75. The summed E-state index contributed by atoms with van der Waals surface area (Å²) < 4.78 is 10.7. The Labute approximate surface area is 130 Å². The van der Waals surface area contributed by atoms with Crippen LogP contribution in [-0.4, -0.2) is 24.6 Å². The Bertz CT molecular complexity index is 637. The molecular weight excluding hydrogens is 282 g/mol. The number of amides is 1. The summed E-state index contributed by atoms with van der Waals surface area (Å²) in [6, 6.07) is 7.09. The average Bonchev–Trinajstić information content (AvgIpc) is 2.78. The average molecular weight is 303 g/mol. The van der Waals surface area contributed by atoms with Crippen molar-refractivity contribution in [2.75, 3.05) is 12.4 Å². The van der Waals surface area contributed by atoms with Gasteiger partial charge in [-0.3, -0.25) is 9.59 Å². The number of ether oxygens (including phenoxy) is 2. The molecule has 0 radical (unpaired) electrons. The highest BCUT2D eigenvalue weighted by atomic mass is 16.6. The zero-order valence-electron chi connectivity index (χ0n) is 13.4. The maximum Gasteiger partial charge on any atom is 0.313 e. The molecule has 1 aromatic carbocycles. The number of methoxy groups -OCH3 is 1. The summed E-state index contributed by atoms with van der Waals surface area (Å²) in [5.74, 6) is 0.197. The molecule has 0 spiro atoms. The van der Waals surface area contributed by atoms with E-state index in [1.807, 2.05) is 20.8 Å². The summed E-state index contributed by atoms with van der Waals surface area (Å²) in [5.41, 5.74) is -1.55. The SMILES string of the molecule is COc1ccc(NC(=O)[C@@]23CC[C@](C)(C(=O)O2)C3(C)C)cc1. The van der Waals surface area contributed by atoms with Crippen molar-refractivity contribution in [2.24, 2.45) is 10.8 Å². The minimum absolute atomic E-state index is 0.253. The third kappa shape index (κ3) is 1.65. The zero-order chi connectivity index (χ0) is 16.2. The van der Waals surface area contributed by atoms with Crippen molar-refractivity contribution < 1.29 is 19.1 Å². The van der Waals surface area contributed by atoms with Crippen LogP contribution in [0.4, 0.5) is 5.69 Å². The van der Waals surface area contributed by atoms with Crippen molar-refractivity contribution in [1.82, 2.24) is 0 Å². The van der Waals surface area contributed by atoms with Crippen LogP contribution in [0.5, 0.6) is 5.75 Å². The lowest BCUT2D eigenvalue weighted by atomic mass is 9.66. The normalized spacial score (nSPS) is 31.7. The molecule has 1 saturated heterocycles. The van der Waals surface area contributed by atoms with Crippen LogP contribution in [0.25, 0.3) is 0 Å². The van der Waals surface area contributed by atoms with Crippen molar-refractivity contribution >= 4 is 17.6 Å². The van der Waals surface area contributed by atoms with Crippen LogP contribution in [0, 0.1) is 10.8 Å². The molecule has 0 aromatic heterocycles. The maximum absolute atomic E-state index is 12.8. The largest absolute Gasteiger partial charge is 0.497 e. The number of nitrogens with one attached hydrogen (secondary N) is 1. The van der Waals surface area contributed by atoms with Crippen molar-refractivity contribution in [3.05, 3.63) is 24.3 Å². The molecule has 1 aliphatic heterocycles. The molecule has 1 amide bonds. The van der Waals surface area contributed by atoms with E-state index < -0.39 is 16.4 Å². The second-order valence-electron chi connectivity index (χ2n) is 6.86. The first kappa shape index (κ1) is 14.9. The molecule has 2 aliphatic rings. The molecule has 1 N–H and O–H groups in total. The summed E-state index contributed by atoms with van der Waals surface area (Å²) >= 11 is 0. The van der Waals surface area contributed by atoms with Crippen LogP contribution in [0.2, 0.25) is 0 Å². The molecule has 118 valence electrons. The number of carbonyl (C=O) groups is 2. The van der Waals surface area contributed by atoms with Crippen LogP contribution in [0.1, 0.15) is 33.6 Å². The fourth-order valence-electron chi connectivity index (χ4n) is 3.65. The predicted octanol–water partition coefficient (Wildman–Crippen LogP) is 2.76. The van der Waals surface area contributed by atoms with Gasteiger partial charge in [0.15, 0.2) is 5.60 Å². The minimum atomic E-state index is -1.08. The predicted molar refractivity (Wildman–Crippen MR) is 81.6 cm³/mol. The van der Waals surface area contributed by atoms with Crippen LogP contribution in [0.3, 0.4) is 0 Å². The first-order chi connectivity index (χ1) is 10.3. The second-order valence-corrected chi connectivity index (χ2v) is 6.86. The van der Waals surface area contributed by atoms with Crippen LogP contribution in [0.15, 0.2) is 24.3 Å². The van der Waals surface area contributed by atoms with Crippen molar-refractivity contribution in [3.63, 3.8) is 0 Å². The summed E-state index contributed by atoms with van der Waals surface area (Å²) in [6.45, 7) is 5.78. The van der Waals surface area contributed by atoms with Crippen molar-refractivity contribution in [1.29, 1.82) is 0 Å². The monoisotopic (exact) mass is 303 g/mol. The fourth-order valence-corrected chi connectivity index (χ4v) is 3.65. The van der Waals surface area contributed by atoms with Crippen LogP contribution < -0.4 is 10.1 Å². The molecule has 22 heavy (non-hydrogen) atoms. The Hall–Kier alpha value is -2.04. The van der Waals surface area contributed by atoms with Gasteiger partial charge in [0.1, 0.15) is 5.75 Å². The Morgan fingerprint density at radius 1 is 1.18 bits per heavy atom. The zero-order valence-corrected chi connectivity index (χ0v) is 13.4. The number of fused-ring (bicyclic) bond motifs is 2. The summed E-state index contributed by atoms with van der Waals surface area (Å²) in [5, 5.41) is 2.88. The van der Waals surface area contributed by atoms with Crippen molar-refractivity contribution in [2.45, 2.75) is 39.2 Å². The van der Waals surface area contributed by atoms with Gasteiger partial charge in [0.2, 0.25) is 0 Å². The van der Waals surface area contributed by atoms with E-state index in [4.69, 9.17) is 9.47 Å². The fraction of sp³-hybridized carbons (Fsp3) is 0.529. The molecule has 5 nitrogen and oxygen atoms in total. The van der Waals surface area contributed by atoms with Gasteiger partial charge in [0, 0.05) is 11.1 Å². The molecule has 2 atom stereocenters. The topological polar surface area (TPSA) is 64.6 Å². The lowest BCUT2D eigenvalue weighted by molar-refractivity contribution is -0.165. The minimum Gasteiger partial charge on any atom is -0.497 e. The number of esters is 1. The van der Waals surface area contributed by atoms with E-state index in [1.54, 1.807) is 31.4 Å². The third-order valence-corrected chi connectivity index (χ3v) is 5.80.